The fourth-order valence-electron chi connectivity index (χ4n) is 3.34. The molecule has 28 heavy (non-hydrogen) atoms. The zero-order valence-corrected chi connectivity index (χ0v) is 16.4. The van der Waals surface area contributed by atoms with E-state index in [4.69, 9.17) is 4.42 Å². The molecule has 5 heteroatoms. The number of nitrogens with zero attached hydrogens (tertiary/aromatic N) is 3. The van der Waals surface area contributed by atoms with Crippen molar-refractivity contribution in [2.45, 2.75) is 27.7 Å². The standard InChI is InChI=1S/C23H22N4O/c1-14-10-15(2)22-19(11-14)20(13-21(28-22)18-8-6-5-7-9-18)26-27-23-24-16(3)12-17(4)25-23/h5-13H,1-4H3,(H,24,25,27). The molecule has 0 fully saturated rings. The summed E-state index contributed by atoms with van der Waals surface area (Å²) in [5.41, 5.74) is 8.88. The molecule has 0 unspecified atom stereocenters. The molecule has 0 aliphatic carbocycles. The summed E-state index contributed by atoms with van der Waals surface area (Å²) in [6, 6.07) is 18.1. The molecular weight excluding hydrogens is 348 g/mol. The van der Waals surface area contributed by atoms with Crippen LogP contribution in [0.5, 0.6) is 0 Å². The second-order valence-corrected chi connectivity index (χ2v) is 7.02. The predicted octanol–water partition coefficient (Wildman–Crippen LogP) is 5.05. The summed E-state index contributed by atoms with van der Waals surface area (Å²) in [5, 5.41) is 6.36. The lowest BCUT2D eigenvalue weighted by molar-refractivity contribution is 0.615. The smallest absolute Gasteiger partial charge is 0.243 e. The molecule has 4 aromatic rings. The Bertz CT molecular complexity index is 1210. The van der Waals surface area contributed by atoms with Gasteiger partial charge in [-0.3, -0.25) is 0 Å². The van der Waals surface area contributed by atoms with Gasteiger partial charge in [0.2, 0.25) is 5.95 Å². The minimum Gasteiger partial charge on any atom is -0.456 e. The lowest BCUT2D eigenvalue weighted by atomic mass is 10.1. The highest BCUT2D eigenvalue weighted by Crippen LogP contribution is 2.25. The Kier molecular flexibility index (Phi) is 4.65. The Morgan fingerprint density at radius 1 is 0.857 bits per heavy atom. The monoisotopic (exact) mass is 370 g/mol. The van der Waals surface area contributed by atoms with E-state index in [-0.39, 0.29) is 0 Å². The van der Waals surface area contributed by atoms with Gasteiger partial charge < -0.3 is 4.42 Å². The van der Waals surface area contributed by atoms with Crippen molar-refractivity contribution < 1.29 is 4.42 Å². The molecule has 0 bridgehead atoms. The fraction of sp³-hybridized carbons (Fsp3) is 0.174. The van der Waals surface area contributed by atoms with Gasteiger partial charge in [-0.05, 0) is 51.0 Å². The highest BCUT2D eigenvalue weighted by molar-refractivity contribution is 5.82. The summed E-state index contributed by atoms with van der Waals surface area (Å²) in [7, 11) is 0. The first kappa shape index (κ1) is 17.9. The Hall–Kier alpha value is -3.47. The predicted molar refractivity (Wildman–Crippen MR) is 112 cm³/mol. The van der Waals surface area contributed by atoms with Crippen LogP contribution in [0, 0.1) is 27.7 Å². The van der Waals surface area contributed by atoms with Crippen molar-refractivity contribution in [3.63, 3.8) is 0 Å². The number of aromatic nitrogens is 2. The van der Waals surface area contributed by atoms with Crippen LogP contribution in [-0.2, 0) is 0 Å². The third kappa shape index (κ3) is 3.64. The largest absolute Gasteiger partial charge is 0.456 e. The molecule has 1 N–H and O–H groups in total. The number of fused-ring (bicyclic) bond motifs is 1. The van der Waals surface area contributed by atoms with E-state index in [1.807, 2.05) is 56.3 Å². The summed E-state index contributed by atoms with van der Waals surface area (Å²) >= 11 is 0. The van der Waals surface area contributed by atoms with Crippen LogP contribution in [0.25, 0.3) is 22.3 Å². The second-order valence-electron chi connectivity index (χ2n) is 7.02. The van der Waals surface area contributed by atoms with Crippen molar-refractivity contribution in [1.82, 2.24) is 9.97 Å². The highest BCUT2D eigenvalue weighted by Gasteiger charge is 2.09. The zero-order chi connectivity index (χ0) is 19.7. The van der Waals surface area contributed by atoms with Crippen LogP contribution in [0.3, 0.4) is 0 Å². The van der Waals surface area contributed by atoms with E-state index in [0.29, 0.717) is 5.95 Å². The topological polar surface area (TPSA) is 63.3 Å². The van der Waals surface area contributed by atoms with Gasteiger partial charge in [0.05, 0.1) is 5.36 Å². The molecule has 0 saturated carbocycles. The molecule has 0 radical (unpaired) electrons. The molecule has 2 aromatic carbocycles. The van der Waals surface area contributed by atoms with Gasteiger partial charge >= 0.3 is 0 Å². The van der Waals surface area contributed by atoms with Gasteiger partial charge in [0.25, 0.3) is 0 Å². The van der Waals surface area contributed by atoms with Crippen molar-refractivity contribution in [3.05, 3.63) is 82.5 Å². The van der Waals surface area contributed by atoms with Gasteiger partial charge in [-0.15, -0.1) is 0 Å². The number of rotatable bonds is 3. The van der Waals surface area contributed by atoms with Crippen LogP contribution in [0.15, 0.2) is 64.1 Å². The van der Waals surface area contributed by atoms with E-state index in [9.17, 15) is 0 Å². The van der Waals surface area contributed by atoms with E-state index < -0.39 is 0 Å². The van der Waals surface area contributed by atoms with E-state index in [1.165, 1.54) is 0 Å². The molecule has 0 aliphatic heterocycles. The number of benzene rings is 2. The minimum absolute atomic E-state index is 0.483. The maximum Gasteiger partial charge on any atom is 0.243 e. The molecule has 0 amide bonds. The van der Waals surface area contributed by atoms with E-state index in [0.717, 1.165) is 50.2 Å². The summed E-state index contributed by atoms with van der Waals surface area (Å²) in [4.78, 5) is 8.81. The normalized spacial score (nSPS) is 11.8. The number of hydrogen-bond acceptors (Lipinski definition) is 5. The Balaban J connectivity index is 1.92. The maximum absolute atomic E-state index is 6.25. The highest BCUT2D eigenvalue weighted by atomic mass is 16.3. The van der Waals surface area contributed by atoms with Crippen molar-refractivity contribution >= 4 is 16.9 Å². The first-order chi connectivity index (χ1) is 13.5. The first-order valence-electron chi connectivity index (χ1n) is 9.22. The van der Waals surface area contributed by atoms with Gasteiger partial charge in [-0.25, -0.2) is 15.4 Å². The van der Waals surface area contributed by atoms with Crippen molar-refractivity contribution in [1.29, 1.82) is 0 Å². The summed E-state index contributed by atoms with van der Waals surface area (Å²) in [6.45, 7) is 8.01. The Morgan fingerprint density at radius 2 is 1.57 bits per heavy atom. The average Bonchev–Trinajstić information content (AvgIpc) is 2.66. The molecule has 0 aliphatic rings. The number of anilines is 1. The quantitative estimate of drug-likeness (QED) is 0.513. The fourth-order valence-corrected chi connectivity index (χ4v) is 3.34. The number of nitrogens with one attached hydrogen (secondary N) is 1. The van der Waals surface area contributed by atoms with Gasteiger partial charge in [0.15, 0.2) is 0 Å². The first-order valence-corrected chi connectivity index (χ1v) is 9.22. The molecule has 0 atom stereocenters. The second kappa shape index (κ2) is 7.27. The average molecular weight is 370 g/mol. The lowest BCUT2D eigenvalue weighted by Crippen LogP contribution is -2.10. The van der Waals surface area contributed by atoms with Gasteiger partial charge in [0, 0.05) is 28.4 Å². The molecule has 140 valence electrons. The van der Waals surface area contributed by atoms with E-state index >= 15 is 0 Å². The van der Waals surface area contributed by atoms with Gasteiger partial charge in [0.1, 0.15) is 11.3 Å². The van der Waals surface area contributed by atoms with Crippen LogP contribution in [0.4, 0.5) is 5.95 Å². The summed E-state index contributed by atoms with van der Waals surface area (Å²) in [5.74, 6) is 1.25. The molecule has 2 aromatic heterocycles. The van der Waals surface area contributed by atoms with E-state index in [1.54, 1.807) is 0 Å². The minimum atomic E-state index is 0.483. The van der Waals surface area contributed by atoms with Crippen LogP contribution in [-0.4, -0.2) is 9.97 Å². The molecule has 0 saturated heterocycles. The number of aryl methyl sites for hydroxylation is 4. The van der Waals surface area contributed by atoms with Crippen LogP contribution in [0.1, 0.15) is 22.5 Å². The SMILES string of the molecule is Cc1cc(C)c2oc(-c3ccccc3)cc(=NNc3nc(C)cc(C)n3)c2c1. The Morgan fingerprint density at radius 3 is 2.29 bits per heavy atom. The van der Waals surface area contributed by atoms with Crippen LogP contribution < -0.4 is 10.8 Å². The van der Waals surface area contributed by atoms with Crippen molar-refractivity contribution in [3.8, 4) is 11.3 Å². The molecule has 5 nitrogen and oxygen atoms in total. The zero-order valence-electron chi connectivity index (χ0n) is 16.4. The molecule has 0 spiro atoms. The van der Waals surface area contributed by atoms with Crippen LogP contribution >= 0.6 is 0 Å². The molecule has 2 heterocycles. The molecule has 4 rings (SSSR count). The summed E-state index contributed by atoms with van der Waals surface area (Å²) < 4.78 is 6.25. The van der Waals surface area contributed by atoms with Crippen molar-refractivity contribution in [2.75, 3.05) is 5.43 Å². The Labute approximate surface area is 163 Å². The van der Waals surface area contributed by atoms with Gasteiger partial charge in [-0.1, -0.05) is 36.4 Å². The third-order valence-electron chi connectivity index (χ3n) is 4.49. The van der Waals surface area contributed by atoms with Crippen LogP contribution in [0.2, 0.25) is 0 Å². The third-order valence-corrected chi connectivity index (χ3v) is 4.49. The van der Waals surface area contributed by atoms with Crippen molar-refractivity contribution in [2.24, 2.45) is 5.10 Å². The maximum atomic E-state index is 6.25. The van der Waals surface area contributed by atoms with E-state index in [2.05, 4.69) is 46.5 Å². The van der Waals surface area contributed by atoms with Gasteiger partial charge in [-0.2, -0.15) is 5.10 Å². The number of hydrogen-bond donors (Lipinski definition) is 1. The lowest BCUT2D eigenvalue weighted by Gasteiger charge is -2.08. The molecular formula is C23H22N4O. The summed E-state index contributed by atoms with van der Waals surface area (Å²) in [6.07, 6.45) is 0.